The minimum Gasteiger partial charge on any atom is -0.482 e. The van der Waals surface area contributed by atoms with Gasteiger partial charge in [0.05, 0.1) is 10.7 Å². The molecule has 184 valence electrons. The number of carbonyl (C=O) groups excluding carboxylic acids is 1. The minimum absolute atomic E-state index is 0.0338. The lowest BCUT2D eigenvalue weighted by Crippen LogP contribution is -2.62. The summed E-state index contributed by atoms with van der Waals surface area (Å²) in [5.41, 5.74) is 8.91. The smallest absolute Gasteiger partial charge is 0.317 e. The van der Waals surface area contributed by atoms with E-state index in [-0.39, 0.29) is 22.3 Å². The second-order valence-electron chi connectivity index (χ2n) is 8.98. The number of urea groups is 1. The van der Waals surface area contributed by atoms with E-state index in [1.165, 1.54) is 12.1 Å². The van der Waals surface area contributed by atoms with Crippen molar-refractivity contribution in [1.82, 2.24) is 25.0 Å². The van der Waals surface area contributed by atoms with E-state index in [4.69, 9.17) is 38.8 Å². The summed E-state index contributed by atoms with van der Waals surface area (Å²) in [5.74, 6) is -0.0751. The van der Waals surface area contributed by atoms with Crippen LogP contribution in [0.2, 0.25) is 10.0 Å². The van der Waals surface area contributed by atoms with Crippen LogP contribution in [0.4, 0.5) is 15.0 Å². The Morgan fingerprint density at radius 1 is 1.34 bits per heavy atom. The lowest BCUT2D eigenvalue weighted by atomic mass is 9.76. The van der Waals surface area contributed by atoms with E-state index >= 15 is 0 Å². The topological polar surface area (TPSA) is 98.3 Å². The maximum absolute atomic E-state index is 14.0. The first-order valence-corrected chi connectivity index (χ1v) is 12.1. The minimum atomic E-state index is -0.671. The van der Waals surface area contributed by atoms with Crippen molar-refractivity contribution in [3.63, 3.8) is 0 Å². The van der Waals surface area contributed by atoms with Crippen molar-refractivity contribution in [2.75, 3.05) is 25.4 Å². The first kappa shape index (κ1) is 23.7. The molecule has 1 fully saturated rings. The zero-order valence-electron chi connectivity index (χ0n) is 19.3. The number of aromatic nitrogens is 3. The van der Waals surface area contributed by atoms with Gasteiger partial charge in [-0.3, -0.25) is 4.68 Å². The zero-order valence-corrected chi connectivity index (χ0v) is 20.8. The monoisotopic (exact) mass is 518 g/mol. The van der Waals surface area contributed by atoms with Crippen molar-refractivity contribution in [2.45, 2.75) is 38.3 Å². The molecule has 3 aromatic rings. The number of amides is 2. The summed E-state index contributed by atoms with van der Waals surface area (Å²) in [6, 6.07) is 6.41. The van der Waals surface area contributed by atoms with E-state index in [0.29, 0.717) is 36.0 Å². The van der Waals surface area contributed by atoms with Crippen molar-refractivity contribution in [1.29, 1.82) is 0 Å². The predicted octanol–water partition coefficient (Wildman–Crippen LogP) is 4.80. The Labute approximate surface area is 212 Å². The number of likely N-dealkylation sites (tertiary alicyclic amines) is 1. The van der Waals surface area contributed by atoms with Crippen molar-refractivity contribution in [3.8, 4) is 17.0 Å². The Morgan fingerprint density at radius 2 is 2.11 bits per heavy atom. The molecule has 1 atom stereocenters. The predicted molar refractivity (Wildman–Crippen MR) is 132 cm³/mol. The van der Waals surface area contributed by atoms with Gasteiger partial charge in [0, 0.05) is 59.6 Å². The lowest BCUT2D eigenvalue weighted by molar-refractivity contribution is 0.0925. The second-order valence-corrected chi connectivity index (χ2v) is 9.77. The van der Waals surface area contributed by atoms with Crippen molar-refractivity contribution in [3.05, 3.63) is 57.6 Å². The summed E-state index contributed by atoms with van der Waals surface area (Å²) in [4.78, 5) is 18.2. The Morgan fingerprint density at radius 3 is 2.86 bits per heavy atom. The number of carbonyl (C=O) groups is 1. The molecule has 0 saturated carbocycles. The third-order valence-corrected chi connectivity index (χ3v) is 7.41. The van der Waals surface area contributed by atoms with E-state index in [1.54, 1.807) is 19.2 Å². The SMILES string of the molecule is CCNC(=O)N1CC2(CCn3nc(-c4cnc(N)c(O[C@H](C)c5c(Cl)ccc(F)c5Cl)c4)cc32)C1. The van der Waals surface area contributed by atoms with Gasteiger partial charge in [-0.25, -0.2) is 14.2 Å². The Bertz CT molecular complexity index is 1310. The van der Waals surface area contributed by atoms with E-state index in [0.717, 1.165) is 29.9 Å². The number of ether oxygens (including phenoxy) is 1. The summed E-state index contributed by atoms with van der Waals surface area (Å²) in [5, 5.41) is 7.82. The fraction of sp³-hybridized carbons (Fsp3) is 0.375. The lowest BCUT2D eigenvalue weighted by Gasteiger charge is -2.47. The molecule has 3 N–H and O–H groups in total. The van der Waals surface area contributed by atoms with Crippen LogP contribution in [-0.2, 0) is 12.0 Å². The quantitative estimate of drug-likeness (QED) is 0.472. The summed E-state index contributed by atoms with van der Waals surface area (Å²) < 4.78 is 22.0. The molecule has 0 aliphatic carbocycles. The fourth-order valence-electron chi connectivity index (χ4n) is 4.87. The van der Waals surface area contributed by atoms with E-state index in [9.17, 15) is 9.18 Å². The second kappa shape index (κ2) is 8.87. The number of nitrogens with one attached hydrogen (secondary N) is 1. The largest absolute Gasteiger partial charge is 0.482 e. The van der Waals surface area contributed by atoms with Crippen LogP contribution in [0.15, 0.2) is 30.5 Å². The Balaban J connectivity index is 1.38. The maximum Gasteiger partial charge on any atom is 0.317 e. The molecule has 2 aliphatic heterocycles. The van der Waals surface area contributed by atoms with E-state index in [1.807, 2.05) is 22.6 Å². The molecule has 2 aromatic heterocycles. The maximum atomic E-state index is 14.0. The van der Waals surface area contributed by atoms with Crippen molar-refractivity contribution in [2.24, 2.45) is 0 Å². The van der Waals surface area contributed by atoms with Crippen LogP contribution in [0, 0.1) is 5.82 Å². The highest BCUT2D eigenvalue weighted by atomic mass is 35.5. The highest BCUT2D eigenvalue weighted by Gasteiger charge is 2.51. The molecule has 1 saturated heterocycles. The van der Waals surface area contributed by atoms with Gasteiger partial charge in [-0.1, -0.05) is 23.2 Å². The van der Waals surface area contributed by atoms with Crippen LogP contribution in [-0.4, -0.2) is 45.3 Å². The van der Waals surface area contributed by atoms with Gasteiger partial charge in [-0.2, -0.15) is 5.10 Å². The number of nitrogens with zero attached hydrogens (tertiary/aromatic N) is 4. The van der Waals surface area contributed by atoms with Gasteiger partial charge >= 0.3 is 6.03 Å². The highest BCUT2D eigenvalue weighted by Crippen LogP contribution is 2.44. The van der Waals surface area contributed by atoms with Crippen LogP contribution in [0.3, 0.4) is 0 Å². The molecule has 2 aliphatic rings. The van der Waals surface area contributed by atoms with E-state index in [2.05, 4.69) is 10.3 Å². The van der Waals surface area contributed by atoms with Gasteiger partial charge in [0.2, 0.25) is 0 Å². The summed E-state index contributed by atoms with van der Waals surface area (Å²) in [6.07, 6.45) is 1.92. The standard InChI is InChI=1S/C24H25Cl2FN6O2/c1-3-29-23(34)32-11-24(12-32)6-7-33-19(24)9-17(31-33)14-8-18(22(28)30-10-14)35-13(2)20-15(25)4-5-16(27)21(20)26/h4-5,8-10,13H,3,6-7,11-12H2,1-2H3,(H2,28,30)(H,29,34)/t13-/m1/s1. The summed E-state index contributed by atoms with van der Waals surface area (Å²) in [7, 11) is 0. The number of rotatable bonds is 5. The van der Waals surface area contributed by atoms with Gasteiger partial charge < -0.3 is 20.7 Å². The normalized spacial score (nSPS) is 16.7. The van der Waals surface area contributed by atoms with Gasteiger partial charge in [0.15, 0.2) is 11.6 Å². The average Bonchev–Trinajstić information content (AvgIpc) is 3.37. The third kappa shape index (κ3) is 4.06. The zero-order chi connectivity index (χ0) is 24.9. The Kier molecular flexibility index (Phi) is 6.01. The van der Waals surface area contributed by atoms with Crippen molar-refractivity contribution < 1.29 is 13.9 Å². The molecule has 11 heteroatoms. The van der Waals surface area contributed by atoms with Gasteiger partial charge in [-0.15, -0.1) is 0 Å². The molecule has 4 heterocycles. The van der Waals surface area contributed by atoms with Crippen LogP contribution in [0.25, 0.3) is 11.3 Å². The molecule has 1 spiro atoms. The van der Waals surface area contributed by atoms with Gasteiger partial charge in [0.25, 0.3) is 0 Å². The number of halogens is 3. The third-order valence-electron chi connectivity index (χ3n) is 6.69. The highest BCUT2D eigenvalue weighted by molar-refractivity contribution is 6.36. The first-order chi connectivity index (χ1) is 16.7. The number of hydrogen-bond donors (Lipinski definition) is 2. The number of nitrogen functional groups attached to an aromatic ring is 1. The molecule has 0 radical (unpaired) electrons. The first-order valence-electron chi connectivity index (χ1n) is 11.4. The van der Waals surface area contributed by atoms with Gasteiger partial charge in [-0.05, 0) is 44.5 Å². The molecule has 8 nitrogen and oxygen atoms in total. The van der Waals surface area contributed by atoms with Crippen LogP contribution in [0.5, 0.6) is 5.75 Å². The summed E-state index contributed by atoms with van der Waals surface area (Å²) >= 11 is 12.4. The molecular formula is C24H25Cl2FN6O2. The number of nitrogens with two attached hydrogens (primary N) is 1. The van der Waals surface area contributed by atoms with E-state index < -0.39 is 11.9 Å². The molecule has 2 amide bonds. The molecular weight excluding hydrogens is 494 g/mol. The fourth-order valence-corrected chi connectivity index (χ4v) is 5.55. The number of fused-ring (bicyclic) bond motifs is 2. The molecule has 0 bridgehead atoms. The van der Waals surface area contributed by atoms with Crippen molar-refractivity contribution >= 4 is 35.1 Å². The molecule has 1 aromatic carbocycles. The molecule has 5 rings (SSSR count). The van der Waals surface area contributed by atoms with Crippen LogP contribution < -0.4 is 15.8 Å². The number of anilines is 1. The van der Waals surface area contributed by atoms with Crippen LogP contribution >= 0.6 is 23.2 Å². The Hall–Kier alpha value is -3.04. The number of pyridine rings is 1. The molecule has 0 unspecified atom stereocenters. The summed E-state index contributed by atoms with van der Waals surface area (Å²) in [6.45, 7) is 6.36. The number of aryl methyl sites for hydroxylation is 1. The van der Waals surface area contributed by atoms with Crippen LogP contribution in [0.1, 0.15) is 37.6 Å². The number of benzene rings is 1. The van der Waals surface area contributed by atoms with Gasteiger partial charge in [0.1, 0.15) is 11.9 Å². The number of hydrogen-bond acceptors (Lipinski definition) is 5. The molecule has 35 heavy (non-hydrogen) atoms. The average molecular weight is 519 g/mol.